The van der Waals surface area contributed by atoms with Crippen LogP contribution in [0.25, 0.3) is 11.2 Å². The molecule has 0 saturated carbocycles. The highest BCUT2D eigenvalue weighted by Crippen LogP contribution is 2.42. The van der Waals surface area contributed by atoms with Gasteiger partial charge in [0.1, 0.15) is 5.52 Å². The summed E-state index contributed by atoms with van der Waals surface area (Å²) in [6, 6.07) is 14.1. The van der Waals surface area contributed by atoms with E-state index in [2.05, 4.69) is 38.0 Å². The van der Waals surface area contributed by atoms with Crippen LogP contribution < -0.4 is 15.0 Å². The van der Waals surface area contributed by atoms with E-state index >= 15 is 0 Å². The first-order chi connectivity index (χ1) is 14.2. The lowest BCUT2D eigenvalue weighted by atomic mass is 10.1. The normalized spacial score (nSPS) is 12.6. The maximum Gasteiger partial charge on any atom is 0.231 e. The maximum atomic E-state index is 8.14. The van der Waals surface area contributed by atoms with E-state index in [-0.39, 0.29) is 12.3 Å². The Morgan fingerprint density at radius 2 is 1.97 bits per heavy atom. The Morgan fingerprint density at radius 1 is 1.17 bits per heavy atom. The molecule has 0 radical (unpaired) electrons. The summed E-state index contributed by atoms with van der Waals surface area (Å²) in [5, 5.41) is 8.83. The standard InChI is InChI=1S/C20H16BrN5O2S/c21-13-8-14-15(28-11-27-14)9-16(13)29-20-24-17-18(22)23-10-26(19(17)25-20)7-6-12-4-2-1-3-5-12/h1-5,8-10,22H,6-7,11H2,(H,24,25). The van der Waals surface area contributed by atoms with Crippen molar-refractivity contribution in [2.24, 2.45) is 0 Å². The molecule has 0 fully saturated rings. The number of hydrogen-bond acceptors (Lipinski definition) is 6. The van der Waals surface area contributed by atoms with Gasteiger partial charge in [-0.1, -0.05) is 42.1 Å². The van der Waals surface area contributed by atoms with Crippen LogP contribution in [-0.4, -0.2) is 26.3 Å². The van der Waals surface area contributed by atoms with Gasteiger partial charge in [-0.15, -0.1) is 0 Å². The number of nitrogens with one attached hydrogen (secondary N) is 2. The number of imidazole rings is 1. The highest BCUT2D eigenvalue weighted by Gasteiger charge is 2.18. The number of benzene rings is 2. The van der Waals surface area contributed by atoms with Gasteiger partial charge in [-0.2, -0.15) is 0 Å². The fourth-order valence-corrected chi connectivity index (χ4v) is 4.53. The first-order valence-electron chi connectivity index (χ1n) is 8.98. The highest BCUT2D eigenvalue weighted by atomic mass is 79.9. The van der Waals surface area contributed by atoms with Gasteiger partial charge in [0.2, 0.25) is 6.79 Å². The number of H-pyrrole nitrogens is 1. The zero-order valence-electron chi connectivity index (χ0n) is 15.2. The number of fused-ring (bicyclic) bond motifs is 2. The molecule has 1 aliphatic rings. The van der Waals surface area contributed by atoms with Crippen LogP contribution in [0.5, 0.6) is 11.5 Å². The number of hydrogen-bond donors (Lipinski definition) is 2. The minimum atomic E-state index is 0.181. The van der Waals surface area contributed by atoms with Crippen molar-refractivity contribution >= 4 is 38.9 Å². The van der Waals surface area contributed by atoms with E-state index in [4.69, 9.17) is 19.9 Å². The summed E-state index contributed by atoms with van der Waals surface area (Å²) in [7, 11) is 0. The lowest BCUT2D eigenvalue weighted by Gasteiger charge is -2.06. The number of aromatic nitrogens is 4. The molecule has 0 saturated heterocycles. The molecule has 7 nitrogen and oxygen atoms in total. The smallest absolute Gasteiger partial charge is 0.231 e. The third kappa shape index (κ3) is 3.63. The number of rotatable bonds is 5. The number of aryl methyl sites for hydroxylation is 2. The molecule has 0 unspecified atom stereocenters. The first-order valence-corrected chi connectivity index (χ1v) is 10.6. The minimum Gasteiger partial charge on any atom is -0.454 e. The van der Waals surface area contributed by atoms with Crippen molar-refractivity contribution in [1.82, 2.24) is 19.5 Å². The maximum absolute atomic E-state index is 8.14. The van der Waals surface area contributed by atoms with Gasteiger partial charge < -0.3 is 19.0 Å². The van der Waals surface area contributed by atoms with Crippen LogP contribution in [0.2, 0.25) is 0 Å². The van der Waals surface area contributed by atoms with Crippen molar-refractivity contribution < 1.29 is 9.47 Å². The van der Waals surface area contributed by atoms with Gasteiger partial charge in [-0.25, -0.2) is 9.97 Å². The number of nitrogens with zero attached hydrogens (tertiary/aromatic N) is 3. The molecule has 2 aromatic heterocycles. The van der Waals surface area contributed by atoms with Crippen molar-refractivity contribution in [3.63, 3.8) is 0 Å². The molecule has 0 atom stereocenters. The third-order valence-corrected chi connectivity index (χ3v) is 6.48. The molecule has 5 rings (SSSR count). The van der Waals surface area contributed by atoms with Crippen LogP contribution in [-0.2, 0) is 13.0 Å². The SMILES string of the molecule is N=c1ncn(CCc2ccccc2)c2nc(Sc3cc4c(cc3Br)OCO4)[nH]c12. The molecule has 0 spiro atoms. The second kappa shape index (κ2) is 7.57. The van der Waals surface area contributed by atoms with E-state index in [1.54, 1.807) is 6.33 Å². The minimum absolute atomic E-state index is 0.181. The van der Waals surface area contributed by atoms with Gasteiger partial charge in [0.25, 0.3) is 0 Å². The summed E-state index contributed by atoms with van der Waals surface area (Å²) in [5.41, 5.74) is 2.78. The fourth-order valence-electron chi connectivity index (χ4n) is 3.15. The molecule has 4 aromatic rings. The summed E-state index contributed by atoms with van der Waals surface area (Å²) in [6.07, 6.45) is 2.54. The molecule has 2 aromatic carbocycles. The van der Waals surface area contributed by atoms with E-state index in [1.165, 1.54) is 17.3 Å². The molecular formula is C20H16BrN5O2S. The average molecular weight is 470 g/mol. The predicted octanol–water partition coefficient (Wildman–Crippen LogP) is 4.12. The van der Waals surface area contributed by atoms with Gasteiger partial charge in [0.05, 0.1) is 6.33 Å². The molecule has 3 heterocycles. The number of aromatic amines is 1. The Kier molecular flexibility index (Phi) is 4.76. The Morgan fingerprint density at radius 3 is 2.79 bits per heavy atom. The summed E-state index contributed by atoms with van der Waals surface area (Å²) in [6.45, 7) is 0.965. The third-order valence-electron chi connectivity index (χ3n) is 4.62. The average Bonchev–Trinajstić information content (AvgIpc) is 3.36. The Hall–Kier alpha value is -2.78. The second-order valence-corrected chi connectivity index (χ2v) is 8.39. The topological polar surface area (TPSA) is 88.8 Å². The summed E-state index contributed by atoms with van der Waals surface area (Å²) < 4.78 is 13.8. The molecule has 0 bridgehead atoms. The van der Waals surface area contributed by atoms with Crippen molar-refractivity contribution in [3.8, 4) is 11.5 Å². The molecule has 0 amide bonds. The van der Waals surface area contributed by atoms with Crippen LogP contribution in [0, 0.1) is 5.41 Å². The fraction of sp³-hybridized carbons (Fsp3) is 0.150. The van der Waals surface area contributed by atoms with Gasteiger partial charge in [-0.05, 0) is 40.0 Å². The van der Waals surface area contributed by atoms with Crippen LogP contribution >= 0.6 is 27.7 Å². The molecule has 146 valence electrons. The van der Waals surface area contributed by atoms with Crippen molar-refractivity contribution in [2.45, 2.75) is 23.0 Å². The Balaban J connectivity index is 1.45. The first kappa shape index (κ1) is 18.3. The lowest BCUT2D eigenvalue weighted by Crippen LogP contribution is -2.13. The zero-order valence-corrected chi connectivity index (χ0v) is 17.6. The second-order valence-electron chi connectivity index (χ2n) is 6.50. The van der Waals surface area contributed by atoms with E-state index in [0.29, 0.717) is 16.4 Å². The predicted molar refractivity (Wildman–Crippen MR) is 112 cm³/mol. The molecule has 1 aliphatic heterocycles. The zero-order chi connectivity index (χ0) is 19.8. The highest BCUT2D eigenvalue weighted by molar-refractivity contribution is 9.10. The van der Waals surface area contributed by atoms with Gasteiger partial charge in [0, 0.05) is 15.9 Å². The van der Waals surface area contributed by atoms with Crippen molar-refractivity contribution in [3.05, 3.63) is 64.3 Å². The summed E-state index contributed by atoms with van der Waals surface area (Å²) >= 11 is 5.04. The van der Waals surface area contributed by atoms with Crippen LogP contribution in [0.3, 0.4) is 0 Å². The van der Waals surface area contributed by atoms with E-state index in [9.17, 15) is 0 Å². The Bertz CT molecular complexity index is 1260. The monoisotopic (exact) mass is 469 g/mol. The van der Waals surface area contributed by atoms with Gasteiger partial charge >= 0.3 is 0 Å². The van der Waals surface area contributed by atoms with Gasteiger partial charge in [0.15, 0.2) is 27.8 Å². The van der Waals surface area contributed by atoms with E-state index in [0.717, 1.165) is 33.7 Å². The van der Waals surface area contributed by atoms with Gasteiger partial charge in [-0.3, -0.25) is 5.41 Å². The summed E-state index contributed by atoms with van der Waals surface area (Å²) in [4.78, 5) is 13.1. The van der Waals surface area contributed by atoms with Crippen LogP contribution in [0.15, 0.2) is 63.3 Å². The van der Waals surface area contributed by atoms with Crippen molar-refractivity contribution in [2.75, 3.05) is 6.79 Å². The Labute approximate surface area is 178 Å². The van der Waals surface area contributed by atoms with Crippen molar-refractivity contribution in [1.29, 1.82) is 5.41 Å². The largest absolute Gasteiger partial charge is 0.454 e. The number of ether oxygens (including phenoxy) is 2. The quantitative estimate of drug-likeness (QED) is 0.458. The van der Waals surface area contributed by atoms with Crippen LogP contribution in [0.4, 0.5) is 0 Å². The lowest BCUT2D eigenvalue weighted by molar-refractivity contribution is 0.174. The summed E-state index contributed by atoms with van der Waals surface area (Å²) in [5.74, 6) is 1.44. The molecule has 29 heavy (non-hydrogen) atoms. The molecule has 9 heteroatoms. The van der Waals surface area contributed by atoms with E-state index < -0.39 is 0 Å². The van der Waals surface area contributed by atoms with Crippen LogP contribution in [0.1, 0.15) is 5.56 Å². The number of halogens is 1. The molecule has 0 aliphatic carbocycles. The van der Waals surface area contributed by atoms with E-state index in [1.807, 2.05) is 34.9 Å². The molecule has 2 N–H and O–H groups in total. The molecular weight excluding hydrogens is 454 g/mol.